The lowest BCUT2D eigenvalue weighted by Gasteiger charge is -2.20. The highest BCUT2D eigenvalue weighted by Crippen LogP contribution is 2.44. The Kier molecular flexibility index (Phi) is 7.96. The maximum absolute atomic E-state index is 4.38. The van der Waals surface area contributed by atoms with Crippen LogP contribution in [-0.2, 0) is 0 Å². The van der Waals surface area contributed by atoms with Crippen molar-refractivity contribution in [1.82, 2.24) is 0 Å². The van der Waals surface area contributed by atoms with E-state index in [4.69, 9.17) is 0 Å². The first-order valence-corrected chi connectivity index (χ1v) is 13.7. The van der Waals surface area contributed by atoms with Crippen LogP contribution in [0, 0.1) is 6.92 Å². The molecule has 0 spiro atoms. The van der Waals surface area contributed by atoms with Crippen molar-refractivity contribution in [3.8, 4) is 0 Å². The summed E-state index contributed by atoms with van der Waals surface area (Å²) in [6.07, 6.45) is 20.8. The minimum absolute atomic E-state index is 0.870. The summed E-state index contributed by atoms with van der Waals surface area (Å²) in [6, 6.07) is 25.5. The number of rotatable bonds is 3. The first-order valence-electron chi connectivity index (χ1n) is 12.9. The van der Waals surface area contributed by atoms with Gasteiger partial charge in [-0.15, -0.1) is 0 Å². The van der Waals surface area contributed by atoms with Crippen LogP contribution in [0.25, 0.3) is 16.1 Å². The number of anilines is 1. The molecule has 0 N–H and O–H groups in total. The van der Waals surface area contributed by atoms with Crippen LogP contribution in [0.4, 0.5) is 5.69 Å². The molecule has 0 unspecified atom stereocenters. The van der Waals surface area contributed by atoms with E-state index in [-0.39, 0.29) is 0 Å². The first kappa shape index (κ1) is 26.1. The van der Waals surface area contributed by atoms with E-state index in [1.54, 1.807) is 11.8 Å². The maximum atomic E-state index is 4.38. The van der Waals surface area contributed by atoms with Crippen molar-refractivity contribution in [2.24, 2.45) is 0 Å². The van der Waals surface area contributed by atoms with E-state index < -0.39 is 0 Å². The molecule has 2 heterocycles. The minimum atomic E-state index is 0.870. The number of nitrogens with zero attached hydrogens (tertiary/aromatic N) is 1. The molecule has 2 aliphatic heterocycles. The third kappa shape index (κ3) is 6.14. The zero-order valence-corrected chi connectivity index (χ0v) is 23.0. The predicted octanol–water partition coefficient (Wildman–Crippen LogP) is 10.3. The molecule has 5 rings (SSSR count). The summed E-state index contributed by atoms with van der Waals surface area (Å²) in [5, 5.41) is 0. The van der Waals surface area contributed by atoms with Gasteiger partial charge >= 0.3 is 0 Å². The highest BCUT2D eigenvalue weighted by Gasteiger charge is 2.17. The molecule has 3 aromatic rings. The highest BCUT2D eigenvalue weighted by molar-refractivity contribution is 8.08. The van der Waals surface area contributed by atoms with E-state index in [2.05, 4.69) is 141 Å². The van der Waals surface area contributed by atoms with Crippen LogP contribution >= 0.6 is 11.8 Å². The lowest BCUT2D eigenvalue weighted by Crippen LogP contribution is -2.07. The van der Waals surface area contributed by atoms with E-state index in [1.807, 2.05) is 24.3 Å². The zero-order valence-electron chi connectivity index (χ0n) is 22.2. The first-order chi connectivity index (χ1) is 19.0. The van der Waals surface area contributed by atoms with Crippen molar-refractivity contribution in [1.29, 1.82) is 0 Å². The molecular formula is C37H31NS. The maximum Gasteiger partial charge on any atom is 0.0451 e. The lowest BCUT2D eigenvalue weighted by atomic mass is 9.96. The molecule has 39 heavy (non-hydrogen) atoms. The minimum Gasteiger partial charge on any atom is -0.324 e. The number of benzene rings is 3. The number of thioether (sulfide) groups is 1. The van der Waals surface area contributed by atoms with Gasteiger partial charge in [-0.25, -0.2) is 0 Å². The molecule has 2 heteroatoms. The third-order valence-corrected chi connectivity index (χ3v) is 7.83. The summed E-state index contributed by atoms with van der Waals surface area (Å²) in [5.41, 5.74) is 9.52. The Morgan fingerprint density at radius 3 is 2.26 bits per heavy atom. The van der Waals surface area contributed by atoms with Gasteiger partial charge in [-0.1, -0.05) is 116 Å². The van der Waals surface area contributed by atoms with Crippen LogP contribution < -0.4 is 4.90 Å². The van der Waals surface area contributed by atoms with Gasteiger partial charge in [-0.3, -0.25) is 0 Å². The lowest BCUT2D eigenvalue weighted by molar-refractivity contribution is 1.26. The van der Waals surface area contributed by atoms with Crippen molar-refractivity contribution in [2.75, 3.05) is 4.90 Å². The summed E-state index contributed by atoms with van der Waals surface area (Å²) in [5.74, 6) is 0. The average Bonchev–Trinajstić information content (AvgIpc) is 2.97. The van der Waals surface area contributed by atoms with Crippen LogP contribution in [0.15, 0.2) is 170 Å². The molecule has 190 valence electrons. The van der Waals surface area contributed by atoms with Crippen LogP contribution in [-0.4, -0.2) is 0 Å². The van der Waals surface area contributed by atoms with Gasteiger partial charge in [0.05, 0.1) is 0 Å². The van der Waals surface area contributed by atoms with Crippen LogP contribution in [0.5, 0.6) is 0 Å². The molecule has 0 aliphatic carbocycles. The highest BCUT2D eigenvalue weighted by atomic mass is 32.2. The van der Waals surface area contributed by atoms with Crippen molar-refractivity contribution < 1.29 is 0 Å². The molecule has 0 atom stereocenters. The molecule has 0 saturated carbocycles. The zero-order chi connectivity index (χ0) is 27.2. The summed E-state index contributed by atoms with van der Waals surface area (Å²) < 4.78 is 0. The van der Waals surface area contributed by atoms with Crippen LogP contribution in [0.3, 0.4) is 0 Å². The normalized spacial score (nSPS) is 21.7. The Labute approximate surface area is 236 Å². The van der Waals surface area contributed by atoms with Crippen molar-refractivity contribution in [3.05, 3.63) is 187 Å². The predicted molar refractivity (Wildman–Crippen MR) is 172 cm³/mol. The van der Waals surface area contributed by atoms with Gasteiger partial charge in [-0.2, -0.15) is 0 Å². The summed E-state index contributed by atoms with van der Waals surface area (Å²) in [4.78, 5) is 4.49. The van der Waals surface area contributed by atoms with Gasteiger partial charge in [0.2, 0.25) is 0 Å². The molecule has 2 aliphatic rings. The molecule has 0 saturated heterocycles. The molecule has 0 bridgehead atoms. The van der Waals surface area contributed by atoms with Gasteiger partial charge in [-0.05, 0) is 87.9 Å². The molecule has 0 fully saturated rings. The van der Waals surface area contributed by atoms with Gasteiger partial charge in [0, 0.05) is 27.9 Å². The fraction of sp³-hybridized carbons (Fsp3) is 0.0270. The molecule has 0 amide bonds. The summed E-state index contributed by atoms with van der Waals surface area (Å²) in [6.45, 7) is 15.1. The Morgan fingerprint density at radius 1 is 0.667 bits per heavy atom. The van der Waals surface area contributed by atoms with E-state index in [9.17, 15) is 0 Å². The van der Waals surface area contributed by atoms with Gasteiger partial charge in [0.15, 0.2) is 0 Å². The number of allylic oxidation sites excluding steroid dienone is 12. The average molecular weight is 522 g/mol. The van der Waals surface area contributed by atoms with E-state index >= 15 is 0 Å². The molecule has 1 nitrogen and oxygen atoms in total. The smallest absolute Gasteiger partial charge is 0.0451 e. The molecule has 0 aromatic heterocycles. The largest absolute Gasteiger partial charge is 0.324 e. The fourth-order valence-electron chi connectivity index (χ4n) is 4.46. The SMILES string of the molecule is C=C1/C=C\C=C/N(c2cccc(C)c2)/C=C\C(c2cccc3c2S/C(c2ccccc2)=C\C=C/C3=C)=C/C1=C. The van der Waals surface area contributed by atoms with Crippen molar-refractivity contribution in [3.63, 3.8) is 0 Å². The Bertz CT molecular complexity index is 1620. The van der Waals surface area contributed by atoms with Crippen LogP contribution in [0.1, 0.15) is 22.3 Å². The molecular weight excluding hydrogens is 490 g/mol. The second-order valence-electron chi connectivity index (χ2n) is 9.48. The monoisotopic (exact) mass is 521 g/mol. The number of fused-ring (bicyclic) bond motifs is 1. The van der Waals surface area contributed by atoms with Gasteiger partial charge in [0.25, 0.3) is 0 Å². The number of aryl methyl sites for hydroxylation is 1. The topological polar surface area (TPSA) is 3.24 Å². The Hall–Kier alpha value is -4.53. The summed E-state index contributed by atoms with van der Waals surface area (Å²) in [7, 11) is 0. The summed E-state index contributed by atoms with van der Waals surface area (Å²) >= 11 is 1.78. The van der Waals surface area contributed by atoms with E-state index in [1.165, 1.54) is 20.9 Å². The third-order valence-electron chi connectivity index (χ3n) is 6.60. The number of hydrogen-bond acceptors (Lipinski definition) is 2. The van der Waals surface area contributed by atoms with E-state index in [0.717, 1.165) is 39.1 Å². The van der Waals surface area contributed by atoms with E-state index in [0.29, 0.717) is 0 Å². The van der Waals surface area contributed by atoms with Gasteiger partial charge < -0.3 is 4.90 Å². The molecule has 0 radical (unpaired) electrons. The second kappa shape index (κ2) is 11.9. The second-order valence-corrected chi connectivity index (χ2v) is 10.5. The molecule has 3 aromatic carbocycles. The van der Waals surface area contributed by atoms with Crippen molar-refractivity contribution >= 4 is 33.5 Å². The van der Waals surface area contributed by atoms with Crippen molar-refractivity contribution in [2.45, 2.75) is 11.8 Å². The standard InChI is InChI=1S/C37H31NS/c1-27-13-10-18-33(25-27)38-23-9-8-14-28(2)30(4)26-32(22-24-38)35-20-12-19-34-29(3)15-11-21-36(39-37(34)35)31-16-6-5-7-17-31/h5-26H,2-4H2,1H3/b14-8-,15-11-,23-9-,24-22-,32-26+,36-21-. The Balaban J connectivity index is 1.66. The number of hydrogen-bond donors (Lipinski definition) is 0. The van der Waals surface area contributed by atoms with Gasteiger partial charge in [0.1, 0.15) is 0 Å². The fourth-order valence-corrected chi connectivity index (χ4v) is 5.68. The quantitative estimate of drug-likeness (QED) is 0.337. The Morgan fingerprint density at radius 2 is 1.44 bits per heavy atom. The van der Waals surface area contributed by atoms with Crippen LogP contribution in [0.2, 0.25) is 0 Å².